The standard InChI is InChI=1S/C31H31Cl2F2N3O3/c1-30(2,3)16-25-31(17-36,22-12-7-18(32)15-24(22)34)26(21-5-4-6-23(33)27(21)35)28(38-25)29(40)37-19-8-10-20(11-9-19)41-14-13-39/h4-12,15,25-26,28,38-39H,13-14,16H2,1-3H3,(H,37,40). The van der Waals surface area contributed by atoms with E-state index in [2.05, 4.69) is 16.7 Å². The molecule has 1 aliphatic rings. The Hall–Kier alpha value is -3.22. The smallest absolute Gasteiger partial charge is 0.242 e. The second kappa shape index (κ2) is 12.3. The van der Waals surface area contributed by atoms with Gasteiger partial charge in [-0.05, 0) is 59.9 Å². The molecule has 3 aromatic rings. The highest BCUT2D eigenvalue weighted by atomic mass is 35.5. The van der Waals surface area contributed by atoms with Crippen molar-refractivity contribution in [2.24, 2.45) is 5.41 Å². The maximum absolute atomic E-state index is 15.7. The number of nitriles is 1. The Kier molecular flexibility index (Phi) is 9.25. The molecule has 1 amide bonds. The van der Waals surface area contributed by atoms with Crippen LogP contribution < -0.4 is 15.4 Å². The number of anilines is 1. The van der Waals surface area contributed by atoms with Crippen LogP contribution in [0.2, 0.25) is 10.0 Å². The van der Waals surface area contributed by atoms with Gasteiger partial charge in [-0.3, -0.25) is 4.79 Å². The molecular weight excluding hydrogens is 571 g/mol. The summed E-state index contributed by atoms with van der Waals surface area (Å²) >= 11 is 12.2. The molecule has 1 fully saturated rings. The highest BCUT2D eigenvalue weighted by Crippen LogP contribution is 2.52. The number of benzene rings is 3. The maximum atomic E-state index is 15.7. The molecule has 1 aliphatic heterocycles. The van der Waals surface area contributed by atoms with Crippen LogP contribution in [0.5, 0.6) is 5.75 Å². The number of rotatable bonds is 8. The van der Waals surface area contributed by atoms with Gasteiger partial charge in [0.15, 0.2) is 0 Å². The molecule has 0 aromatic heterocycles. The predicted molar refractivity (Wildman–Crippen MR) is 155 cm³/mol. The Balaban J connectivity index is 1.87. The van der Waals surface area contributed by atoms with E-state index < -0.39 is 41.0 Å². The van der Waals surface area contributed by atoms with Crippen LogP contribution in [-0.4, -0.2) is 36.3 Å². The lowest BCUT2D eigenvalue weighted by Crippen LogP contribution is -2.45. The molecule has 0 aliphatic carbocycles. The summed E-state index contributed by atoms with van der Waals surface area (Å²) in [5.74, 6) is -2.71. The van der Waals surface area contributed by atoms with E-state index in [1.54, 1.807) is 24.3 Å². The summed E-state index contributed by atoms with van der Waals surface area (Å²) in [4.78, 5) is 13.9. The average molecular weight is 603 g/mol. The topological polar surface area (TPSA) is 94.4 Å². The van der Waals surface area contributed by atoms with E-state index in [0.717, 1.165) is 6.07 Å². The van der Waals surface area contributed by atoms with E-state index in [9.17, 15) is 10.1 Å². The fourth-order valence-electron chi connectivity index (χ4n) is 5.57. The minimum atomic E-state index is -1.71. The molecule has 0 bridgehead atoms. The van der Waals surface area contributed by atoms with Crippen LogP contribution in [0.15, 0.2) is 60.7 Å². The Labute approximate surface area is 248 Å². The Morgan fingerprint density at radius 3 is 2.46 bits per heavy atom. The highest BCUT2D eigenvalue weighted by Gasteiger charge is 2.61. The lowest BCUT2D eigenvalue weighted by atomic mass is 9.62. The first-order valence-corrected chi connectivity index (χ1v) is 13.9. The minimum absolute atomic E-state index is 0.0104. The van der Waals surface area contributed by atoms with Crippen molar-refractivity contribution in [1.29, 1.82) is 5.26 Å². The summed E-state index contributed by atoms with van der Waals surface area (Å²) < 4.78 is 36.8. The first-order chi connectivity index (χ1) is 19.4. The molecule has 0 spiro atoms. The third kappa shape index (κ3) is 6.34. The Bertz CT molecular complexity index is 1460. The van der Waals surface area contributed by atoms with Crippen LogP contribution in [0, 0.1) is 28.4 Å². The van der Waals surface area contributed by atoms with E-state index in [4.69, 9.17) is 33.0 Å². The van der Waals surface area contributed by atoms with E-state index in [1.807, 2.05) is 20.8 Å². The number of halogens is 4. The van der Waals surface area contributed by atoms with Gasteiger partial charge in [0.2, 0.25) is 5.91 Å². The van der Waals surface area contributed by atoms with Crippen LogP contribution in [-0.2, 0) is 10.2 Å². The Morgan fingerprint density at radius 2 is 1.85 bits per heavy atom. The summed E-state index contributed by atoms with van der Waals surface area (Å²) in [6.07, 6.45) is 0.363. The average Bonchev–Trinajstić information content (AvgIpc) is 3.22. The first-order valence-electron chi connectivity index (χ1n) is 13.1. The number of hydrogen-bond acceptors (Lipinski definition) is 5. The summed E-state index contributed by atoms with van der Waals surface area (Å²) in [6.45, 7) is 5.89. The third-order valence-corrected chi connectivity index (χ3v) is 7.74. The molecule has 0 saturated carbocycles. The van der Waals surface area contributed by atoms with Gasteiger partial charge in [0.05, 0.1) is 23.7 Å². The van der Waals surface area contributed by atoms with Crippen LogP contribution in [0.1, 0.15) is 44.2 Å². The molecule has 41 heavy (non-hydrogen) atoms. The number of aliphatic hydroxyl groups is 1. The first kappa shape index (κ1) is 30.7. The number of ether oxygens (including phenoxy) is 1. The number of hydrogen-bond donors (Lipinski definition) is 3. The van der Waals surface area contributed by atoms with Gasteiger partial charge in [-0.2, -0.15) is 5.26 Å². The van der Waals surface area contributed by atoms with Gasteiger partial charge in [-0.15, -0.1) is 0 Å². The van der Waals surface area contributed by atoms with Crippen molar-refractivity contribution >= 4 is 34.8 Å². The van der Waals surface area contributed by atoms with Crippen molar-refractivity contribution in [3.8, 4) is 11.8 Å². The molecule has 3 aromatic carbocycles. The van der Waals surface area contributed by atoms with E-state index in [1.165, 1.54) is 30.3 Å². The molecule has 1 saturated heterocycles. The fraction of sp³-hybridized carbons (Fsp3) is 0.355. The van der Waals surface area contributed by atoms with Crippen molar-refractivity contribution in [3.05, 3.63) is 93.5 Å². The number of nitrogens with one attached hydrogen (secondary N) is 2. The zero-order chi connectivity index (χ0) is 29.9. The monoisotopic (exact) mass is 601 g/mol. The summed E-state index contributed by atoms with van der Waals surface area (Å²) in [6, 6.07) is 15.3. The van der Waals surface area contributed by atoms with Crippen LogP contribution >= 0.6 is 23.2 Å². The van der Waals surface area contributed by atoms with Crippen molar-refractivity contribution < 1.29 is 23.4 Å². The molecule has 4 atom stereocenters. The predicted octanol–water partition coefficient (Wildman–Crippen LogP) is 6.60. The van der Waals surface area contributed by atoms with Gasteiger partial charge in [0.25, 0.3) is 0 Å². The van der Waals surface area contributed by atoms with Crippen molar-refractivity contribution in [2.45, 2.75) is 50.6 Å². The van der Waals surface area contributed by atoms with Crippen LogP contribution in [0.25, 0.3) is 0 Å². The van der Waals surface area contributed by atoms with Gasteiger partial charge in [0, 0.05) is 28.2 Å². The summed E-state index contributed by atoms with van der Waals surface area (Å²) in [5.41, 5.74) is -1.60. The molecule has 4 rings (SSSR count). The van der Waals surface area contributed by atoms with Gasteiger partial charge < -0.3 is 20.5 Å². The number of carbonyl (C=O) groups excluding carboxylic acids is 1. The fourth-order valence-corrected chi connectivity index (χ4v) is 5.92. The number of amides is 1. The van der Waals surface area contributed by atoms with Gasteiger partial charge in [-0.1, -0.05) is 62.2 Å². The van der Waals surface area contributed by atoms with E-state index >= 15 is 8.78 Å². The molecule has 216 valence electrons. The van der Waals surface area contributed by atoms with Gasteiger partial charge >= 0.3 is 0 Å². The third-order valence-electron chi connectivity index (χ3n) is 7.21. The summed E-state index contributed by atoms with van der Waals surface area (Å²) in [7, 11) is 0. The SMILES string of the molecule is CC(C)(C)CC1NC(C(=O)Nc2ccc(OCCO)cc2)C(c2cccc(Cl)c2F)C1(C#N)c1ccc(Cl)cc1F. The van der Waals surface area contributed by atoms with E-state index in [0.29, 0.717) is 17.9 Å². The highest BCUT2D eigenvalue weighted by molar-refractivity contribution is 6.31. The van der Waals surface area contributed by atoms with Crippen molar-refractivity contribution in [3.63, 3.8) is 0 Å². The quantitative estimate of drug-likeness (QED) is 0.270. The lowest BCUT2D eigenvalue weighted by Gasteiger charge is -2.37. The van der Waals surface area contributed by atoms with Crippen molar-refractivity contribution in [1.82, 2.24) is 5.32 Å². The molecule has 0 radical (unpaired) electrons. The second-order valence-electron chi connectivity index (χ2n) is 11.3. The van der Waals surface area contributed by atoms with Gasteiger partial charge in [-0.25, -0.2) is 8.78 Å². The van der Waals surface area contributed by atoms with Crippen LogP contribution in [0.4, 0.5) is 14.5 Å². The zero-order valence-corrected chi connectivity index (χ0v) is 24.4. The number of aliphatic hydroxyl groups excluding tert-OH is 1. The zero-order valence-electron chi connectivity index (χ0n) is 22.8. The normalized spacial score (nSPS) is 22.3. The molecule has 3 N–H and O–H groups in total. The number of carbonyl (C=O) groups is 1. The Morgan fingerprint density at radius 1 is 1.15 bits per heavy atom. The van der Waals surface area contributed by atoms with Gasteiger partial charge in [0.1, 0.15) is 29.4 Å². The molecule has 10 heteroatoms. The van der Waals surface area contributed by atoms with Crippen LogP contribution in [0.3, 0.4) is 0 Å². The molecule has 6 nitrogen and oxygen atoms in total. The van der Waals surface area contributed by atoms with Crippen molar-refractivity contribution in [2.75, 3.05) is 18.5 Å². The molecule has 4 unspecified atom stereocenters. The summed E-state index contributed by atoms with van der Waals surface area (Å²) in [5, 5.41) is 26.0. The maximum Gasteiger partial charge on any atom is 0.242 e. The lowest BCUT2D eigenvalue weighted by molar-refractivity contribution is -0.118. The second-order valence-corrected chi connectivity index (χ2v) is 12.1. The molecular formula is C31H31Cl2F2N3O3. The molecule has 1 heterocycles. The number of nitrogens with zero attached hydrogens (tertiary/aromatic N) is 1. The largest absolute Gasteiger partial charge is 0.491 e. The van der Waals surface area contributed by atoms with E-state index in [-0.39, 0.29) is 39.8 Å². The minimum Gasteiger partial charge on any atom is -0.491 e.